The summed E-state index contributed by atoms with van der Waals surface area (Å²) in [7, 11) is 1.46. The van der Waals surface area contributed by atoms with E-state index < -0.39 is 23.5 Å². The van der Waals surface area contributed by atoms with E-state index in [9.17, 15) is 18.4 Å². The van der Waals surface area contributed by atoms with Gasteiger partial charge < -0.3 is 5.73 Å². The van der Waals surface area contributed by atoms with Gasteiger partial charge in [-0.1, -0.05) is 6.07 Å². The highest BCUT2D eigenvalue weighted by molar-refractivity contribution is 7.11. The van der Waals surface area contributed by atoms with Crippen LogP contribution in [-0.4, -0.2) is 34.6 Å². The zero-order valence-electron chi connectivity index (χ0n) is 13.2. The molecule has 6 nitrogen and oxygen atoms in total. The summed E-state index contributed by atoms with van der Waals surface area (Å²) < 4.78 is 26.3. The lowest BCUT2D eigenvalue weighted by atomic mass is 9.97. The standard InChI is InChI=1S/C16H14F2N4O2S/c1-22-13(23)6-10(14(21-22)15(19)24)16-20-7-9(25-16)4-8-2-3-11(17)12(18)5-8/h2-3,5,7,10H,4,6H2,1H3,(H2,19,24). The van der Waals surface area contributed by atoms with Crippen LogP contribution in [0.3, 0.4) is 0 Å². The van der Waals surface area contributed by atoms with Crippen LogP contribution in [0.25, 0.3) is 0 Å². The lowest BCUT2D eigenvalue weighted by Crippen LogP contribution is -2.39. The van der Waals surface area contributed by atoms with Crippen molar-refractivity contribution >= 4 is 28.9 Å². The zero-order chi connectivity index (χ0) is 18.1. The minimum Gasteiger partial charge on any atom is -0.364 e. The Balaban J connectivity index is 1.85. The molecule has 0 bridgehead atoms. The second-order valence-electron chi connectivity index (χ2n) is 5.61. The van der Waals surface area contributed by atoms with E-state index in [4.69, 9.17) is 5.73 Å². The van der Waals surface area contributed by atoms with Crippen LogP contribution in [-0.2, 0) is 16.0 Å². The second-order valence-corrected chi connectivity index (χ2v) is 6.76. The number of carbonyl (C=O) groups excluding carboxylic acids is 2. The number of nitrogens with two attached hydrogens (primary N) is 1. The van der Waals surface area contributed by atoms with E-state index in [0.717, 1.165) is 22.0 Å². The molecular formula is C16H14F2N4O2S. The molecule has 0 saturated carbocycles. The minimum absolute atomic E-state index is 0.0520. The van der Waals surface area contributed by atoms with Gasteiger partial charge in [0.1, 0.15) is 10.7 Å². The third kappa shape index (κ3) is 3.55. The summed E-state index contributed by atoms with van der Waals surface area (Å²) in [5, 5.41) is 5.56. The van der Waals surface area contributed by atoms with E-state index in [2.05, 4.69) is 10.1 Å². The van der Waals surface area contributed by atoms with Crippen molar-refractivity contribution in [2.45, 2.75) is 18.8 Å². The molecule has 1 atom stereocenters. The molecule has 0 fully saturated rings. The summed E-state index contributed by atoms with van der Waals surface area (Å²) in [5.41, 5.74) is 6.03. The first kappa shape index (κ1) is 17.2. The molecule has 0 spiro atoms. The predicted molar refractivity (Wildman–Crippen MR) is 88.0 cm³/mol. The average Bonchev–Trinajstić information content (AvgIpc) is 3.01. The largest absolute Gasteiger partial charge is 0.364 e. The molecule has 1 aromatic heterocycles. The van der Waals surface area contributed by atoms with Crippen molar-refractivity contribution in [2.24, 2.45) is 10.8 Å². The van der Waals surface area contributed by atoms with Crippen molar-refractivity contribution in [1.82, 2.24) is 9.99 Å². The molecule has 1 unspecified atom stereocenters. The number of hydrazone groups is 1. The van der Waals surface area contributed by atoms with E-state index in [1.54, 1.807) is 6.20 Å². The third-order valence-electron chi connectivity index (χ3n) is 3.81. The molecule has 0 saturated heterocycles. The second kappa shape index (κ2) is 6.67. The van der Waals surface area contributed by atoms with Crippen LogP contribution in [0.2, 0.25) is 0 Å². The number of amides is 2. The fourth-order valence-electron chi connectivity index (χ4n) is 2.53. The Hall–Kier alpha value is -2.68. The van der Waals surface area contributed by atoms with Crippen molar-refractivity contribution < 1.29 is 18.4 Å². The van der Waals surface area contributed by atoms with Crippen molar-refractivity contribution in [3.05, 3.63) is 51.5 Å². The zero-order valence-corrected chi connectivity index (χ0v) is 14.0. The Bertz CT molecular complexity index is 881. The first-order valence-electron chi connectivity index (χ1n) is 7.38. The molecule has 2 amide bonds. The van der Waals surface area contributed by atoms with Gasteiger partial charge in [-0.15, -0.1) is 11.3 Å². The monoisotopic (exact) mass is 364 g/mol. The highest BCUT2D eigenvalue weighted by Gasteiger charge is 2.34. The molecule has 1 aliphatic heterocycles. The fraction of sp³-hybridized carbons (Fsp3) is 0.250. The molecule has 0 radical (unpaired) electrons. The first-order valence-corrected chi connectivity index (χ1v) is 8.20. The van der Waals surface area contributed by atoms with Crippen molar-refractivity contribution in [3.63, 3.8) is 0 Å². The van der Waals surface area contributed by atoms with Gasteiger partial charge in [-0.05, 0) is 17.7 Å². The smallest absolute Gasteiger partial charge is 0.265 e. The molecule has 130 valence electrons. The molecule has 9 heteroatoms. The van der Waals surface area contributed by atoms with Crippen molar-refractivity contribution in [2.75, 3.05) is 7.05 Å². The Morgan fingerprint density at radius 2 is 2.16 bits per heavy atom. The van der Waals surface area contributed by atoms with Gasteiger partial charge in [0.2, 0.25) is 5.91 Å². The van der Waals surface area contributed by atoms with Gasteiger partial charge in [0.05, 0.1) is 5.92 Å². The van der Waals surface area contributed by atoms with Gasteiger partial charge in [-0.2, -0.15) is 5.10 Å². The molecule has 1 aliphatic rings. The number of benzene rings is 1. The normalized spacial score (nSPS) is 17.6. The summed E-state index contributed by atoms with van der Waals surface area (Å²) in [6.45, 7) is 0. The predicted octanol–water partition coefficient (Wildman–Crippen LogP) is 1.80. The highest BCUT2D eigenvalue weighted by atomic mass is 32.1. The summed E-state index contributed by atoms with van der Waals surface area (Å²) in [6, 6.07) is 3.69. The SMILES string of the molecule is CN1N=C(C(N)=O)C(c2ncc(Cc3ccc(F)c(F)c3)s2)CC1=O. The van der Waals surface area contributed by atoms with Crippen LogP contribution >= 0.6 is 11.3 Å². The number of aromatic nitrogens is 1. The van der Waals surface area contributed by atoms with Gasteiger partial charge in [0, 0.05) is 31.0 Å². The molecule has 2 heterocycles. The molecule has 0 aliphatic carbocycles. The number of primary amides is 1. The Labute approximate surface area is 146 Å². The number of rotatable bonds is 4. The van der Waals surface area contributed by atoms with E-state index in [1.165, 1.54) is 24.5 Å². The average molecular weight is 364 g/mol. The lowest BCUT2D eigenvalue weighted by molar-refractivity contribution is -0.130. The van der Waals surface area contributed by atoms with Crippen LogP contribution in [0.4, 0.5) is 8.78 Å². The van der Waals surface area contributed by atoms with E-state index in [1.807, 2.05) is 0 Å². The highest BCUT2D eigenvalue weighted by Crippen LogP contribution is 2.30. The number of thiazole rings is 1. The van der Waals surface area contributed by atoms with Crippen LogP contribution in [0.15, 0.2) is 29.5 Å². The van der Waals surface area contributed by atoms with Crippen LogP contribution in [0, 0.1) is 11.6 Å². The molecular weight excluding hydrogens is 350 g/mol. The maximum absolute atomic E-state index is 13.3. The third-order valence-corrected chi connectivity index (χ3v) is 4.92. The summed E-state index contributed by atoms with van der Waals surface area (Å²) in [6.07, 6.45) is 2.00. The van der Waals surface area contributed by atoms with Crippen molar-refractivity contribution in [1.29, 1.82) is 0 Å². The lowest BCUT2D eigenvalue weighted by Gasteiger charge is -2.24. The minimum atomic E-state index is -0.911. The molecule has 2 aromatic rings. The van der Waals surface area contributed by atoms with Gasteiger partial charge >= 0.3 is 0 Å². The number of halogens is 2. The maximum atomic E-state index is 13.3. The molecule has 25 heavy (non-hydrogen) atoms. The van der Waals surface area contributed by atoms with Crippen molar-refractivity contribution in [3.8, 4) is 0 Å². The first-order chi connectivity index (χ1) is 11.8. The number of carbonyl (C=O) groups is 2. The van der Waals surface area contributed by atoms with E-state index >= 15 is 0 Å². The Morgan fingerprint density at radius 3 is 2.84 bits per heavy atom. The van der Waals surface area contributed by atoms with E-state index in [-0.39, 0.29) is 18.0 Å². The van der Waals surface area contributed by atoms with Crippen LogP contribution < -0.4 is 5.73 Å². The summed E-state index contributed by atoms with van der Waals surface area (Å²) in [4.78, 5) is 28.5. The topological polar surface area (TPSA) is 88.7 Å². The Kier molecular flexibility index (Phi) is 4.58. The van der Waals surface area contributed by atoms with Gasteiger partial charge in [-0.3, -0.25) is 9.59 Å². The maximum Gasteiger partial charge on any atom is 0.265 e. The molecule has 3 rings (SSSR count). The quantitative estimate of drug-likeness (QED) is 0.897. The van der Waals surface area contributed by atoms with Crippen LogP contribution in [0.1, 0.15) is 27.8 Å². The summed E-state index contributed by atoms with van der Waals surface area (Å²) >= 11 is 1.28. The van der Waals surface area contributed by atoms with Gasteiger partial charge in [0.25, 0.3) is 5.91 Å². The fourth-order valence-corrected chi connectivity index (χ4v) is 3.59. The van der Waals surface area contributed by atoms with Gasteiger partial charge in [-0.25, -0.2) is 18.8 Å². The molecule has 2 N–H and O–H groups in total. The number of nitrogens with zero attached hydrogens (tertiary/aromatic N) is 3. The number of hydrogen-bond donors (Lipinski definition) is 1. The summed E-state index contributed by atoms with van der Waals surface area (Å²) in [5.74, 6) is -3.36. The Morgan fingerprint density at radius 1 is 1.40 bits per heavy atom. The molecule has 1 aromatic carbocycles. The van der Waals surface area contributed by atoms with Gasteiger partial charge in [0.15, 0.2) is 11.6 Å². The number of hydrogen-bond acceptors (Lipinski definition) is 5. The van der Waals surface area contributed by atoms with E-state index in [0.29, 0.717) is 17.0 Å². The van der Waals surface area contributed by atoms with Crippen LogP contribution in [0.5, 0.6) is 0 Å².